The quantitative estimate of drug-likeness (QED) is 0.457. The van der Waals surface area contributed by atoms with E-state index in [1.165, 1.54) is 12.1 Å². The molecule has 0 amide bonds. The van der Waals surface area contributed by atoms with E-state index >= 15 is 0 Å². The first-order valence-corrected chi connectivity index (χ1v) is 6.96. The Bertz CT molecular complexity index is 597. The zero-order valence-corrected chi connectivity index (χ0v) is 11.7. The first-order chi connectivity index (χ1) is 10.2. The first-order valence-electron chi connectivity index (χ1n) is 6.96. The first kappa shape index (κ1) is 15.1. The minimum Gasteiger partial charge on any atom is -0.396 e. The van der Waals surface area contributed by atoms with Gasteiger partial charge in [0, 0.05) is 30.8 Å². The largest absolute Gasteiger partial charge is 0.396 e. The van der Waals surface area contributed by atoms with Crippen LogP contribution >= 0.6 is 0 Å². The third kappa shape index (κ3) is 4.35. The molecule has 0 unspecified atom stereocenters. The lowest BCUT2D eigenvalue weighted by molar-refractivity contribution is -0.384. The second kappa shape index (κ2) is 7.49. The fourth-order valence-corrected chi connectivity index (χ4v) is 2.03. The number of aliphatic hydroxyl groups excluding tert-OH is 1. The molecule has 0 saturated heterocycles. The molecule has 7 heteroatoms. The lowest BCUT2D eigenvalue weighted by atomic mass is 10.2. The highest BCUT2D eigenvalue weighted by Gasteiger charge is 2.10. The van der Waals surface area contributed by atoms with Crippen LogP contribution in [-0.2, 0) is 6.54 Å². The number of benzene rings is 1. The lowest BCUT2D eigenvalue weighted by Gasteiger charge is -2.00. The van der Waals surface area contributed by atoms with Crippen molar-refractivity contribution in [3.05, 3.63) is 40.7 Å². The Morgan fingerprint density at radius 3 is 2.81 bits per heavy atom. The van der Waals surface area contributed by atoms with E-state index in [0.29, 0.717) is 11.4 Å². The normalized spacial score (nSPS) is 10.7. The lowest BCUT2D eigenvalue weighted by Crippen LogP contribution is -1.99. The van der Waals surface area contributed by atoms with Crippen LogP contribution in [0.25, 0.3) is 11.4 Å². The Labute approximate surface area is 122 Å². The molecule has 0 aliphatic heterocycles. The maximum atomic E-state index is 10.8. The number of hydrogen-bond donors (Lipinski definition) is 1. The van der Waals surface area contributed by atoms with Crippen LogP contribution in [0.4, 0.5) is 5.69 Å². The van der Waals surface area contributed by atoms with Gasteiger partial charge >= 0.3 is 0 Å². The highest BCUT2D eigenvalue weighted by Crippen LogP contribution is 2.20. The topological polar surface area (TPSA) is 94.1 Å². The molecule has 1 aromatic carbocycles. The highest BCUT2D eigenvalue weighted by molar-refractivity contribution is 5.58. The van der Waals surface area contributed by atoms with E-state index in [1.54, 1.807) is 23.1 Å². The number of unbranched alkanes of at least 4 members (excludes halogenated alkanes) is 3. The van der Waals surface area contributed by atoms with E-state index in [-0.39, 0.29) is 12.3 Å². The number of non-ortho nitro benzene ring substituents is 1. The van der Waals surface area contributed by atoms with Gasteiger partial charge in [-0.2, -0.15) is 5.10 Å². The van der Waals surface area contributed by atoms with Crippen LogP contribution in [0.3, 0.4) is 0 Å². The smallest absolute Gasteiger partial charge is 0.270 e. The summed E-state index contributed by atoms with van der Waals surface area (Å²) < 4.78 is 1.74. The number of hydrogen-bond acceptors (Lipinski definition) is 5. The molecule has 1 aromatic heterocycles. The number of rotatable bonds is 8. The average Bonchev–Trinajstić information content (AvgIpc) is 2.96. The Balaban J connectivity index is 1.96. The van der Waals surface area contributed by atoms with Gasteiger partial charge in [-0.25, -0.2) is 4.98 Å². The molecule has 0 saturated carbocycles. The van der Waals surface area contributed by atoms with Gasteiger partial charge in [0.15, 0.2) is 5.82 Å². The van der Waals surface area contributed by atoms with E-state index in [2.05, 4.69) is 10.1 Å². The van der Waals surface area contributed by atoms with Crippen LogP contribution in [0.2, 0.25) is 0 Å². The van der Waals surface area contributed by atoms with Gasteiger partial charge in [-0.1, -0.05) is 25.0 Å². The van der Waals surface area contributed by atoms with Gasteiger partial charge in [0.2, 0.25) is 0 Å². The fraction of sp³-hybridized carbons (Fsp3) is 0.429. The van der Waals surface area contributed by atoms with Crippen molar-refractivity contribution in [3.63, 3.8) is 0 Å². The molecule has 0 radical (unpaired) electrons. The third-order valence-corrected chi connectivity index (χ3v) is 3.15. The summed E-state index contributed by atoms with van der Waals surface area (Å²) in [4.78, 5) is 14.5. The van der Waals surface area contributed by atoms with Crippen molar-refractivity contribution in [1.82, 2.24) is 14.8 Å². The molecule has 1 N–H and O–H groups in total. The molecular formula is C14H18N4O3. The number of nitrogens with zero attached hydrogens (tertiary/aromatic N) is 4. The van der Waals surface area contributed by atoms with Crippen LogP contribution in [0.15, 0.2) is 30.6 Å². The predicted octanol–water partition coefficient (Wildman–Crippen LogP) is 2.41. The maximum Gasteiger partial charge on any atom is 0.270 e. The number of nitro benzene ring substituents is 1. The van der Waals surface area contributed by atoms with Crippen LogP contribution in [0.1, 0.15) is 25.7 Å². The summed E-state index contributed by atoms with van der Waals surface area (Å²) in [5.74, 6) is 0.494. The van der Waals surface area contributed by atoms with E-state index in [0.717, 1.165) is 32.2 Å². The Morgan fingerprint density at radius 1 is 1.24 bits per heavy atom. The zero-order chi connectivity index (χ0) is 15.1. The molecule has 2 rings (SSSR count). The molecule has 1 heterocycles. The van der Waals surface area contributed by atoms with Crippen molar-refractivity contribution in [2.24, 2.45) is 0 Å². The van der Waals surface area contributed by atoms with E-state index in [9.17, 15) is 10.1 Å². The zero-order valence-electron chi connectivity index (χ0n) is 11.7. The minimum absolute atomic E-state index is 0.0350. The number of nitro groups is 1. The van der Waals surface area contributed by atoms with Gasteiger partial charge in [-0.15, -0.1) is 0 Å². The molecule has 112 valence electrons. The van der Waals surface area contributed by atoms with Crippen molar-refractivity contribution >= 4 is 5.69 Å². The van der Waals surface area contributed by atoms with Gasteiger partial charge in [0.25, 0.3) is 5.69 Å². The van der Waals surface area contributed by atoms with Gasteiger partial charge < -0.3 is 5.11 Å². The van der Waals surface area contributed by atoms with Gasteiger partial charge in [-0.3, -0.25) is 14.8 Å². The molecule has 0 bridgehead atoms. The summed E-state index contributed by atoms with van der Waals surface area (Å²) in [5, 5.41) is 23.8. The predicted molar refractivity (Wildman–Crippen MR) is 77.7 cm³/mol. The van der Waals surface area contributed by atoms with Crippen molar-refractivity contribution in [2.75, 3.05) is 6.61 Å². The molecule has 0 atom stereocenters. The SMILES string of the molecule is O=[N+]([O-])c1cccc(-c2ncn(CCCCCCO)n2)c1. The van der Waals surface area contributed by atoms with E-state index < -0.39 is 4.92 Å². The van der Waals surface area contributed by atoms with Crippen molar-refractivity contribution in [1.29, 1.82) is 0 Å². The van der Waals surface area contributed by atoms with Gasteiger partial charge in [-0.05, 0) is 12.8 Å². The standard InChI is InChI=1S/C14H18N4O3/c19-9-4-2-1-3-8-17-11-15-14(16-17)12-6-5-7-13(10-12)18(20)21/h5-7,10-11,19H,1-4,8-9H2. The van der Waals surface area contributed by atoms with Crippen molar-refractivity contribution in [2.45, 2.75) is 32.2 Å². The van der Waals surface area contributed by atoms with Crippen molar-refractivity contribution in [3.8, 4) is 11.4 Å². The number of aliphatic hydroxyl groups is 1. The number of aryl methyl sites for hydroxylation is 1. The summed E-state index contributed by atoms with van der Waals surface area (Å²) in [7, 11) is 0. The summed E-state index contributed by atoms with van der Waals surface area (Å²) in [6.07, 6.45) is 5.48. The third-order valence-electron chi connectivity index (χ3n) is 3.15. The molecule has 0 aliphatic rings. The fourth-order valence-electron chi connectivity index (χ4n) is 2.03. The monoisotopic (exact) mass is 290 g/mol. The van der Waals surface area contributed by atoms with Crippen molar-refractivity contribution < 1.29 is 10.0 Å². The summed E-state index contributed by atoms with van der Waals surface area (Å²) >= 11 is 0. The molecule has 21 heavy (non-hydrogen) atoms. The second-order valence-electron chi connectivity index (χ2n) is 4.78. The maximum absolute atomic E-state index is 10.8. The molecule has 0 aliphatic carbocycles. The van der Waals surface area contributed by atoms with E-state index in [1.807, 2.05) is 0 Å². The Hall–Kier alpha value is -2.28. The molecule has 2 aromatic rings. The van der Waals surface area contributed by atoms with Crippen LogP contribution in [-0.4, -0.2) is 31.4 Å². The summed E-state index contributed by atoms with van der Waals surface area (Å²) in [5.41, 5.74) is 0.677. The van der Waals surface area contributed by atoms with Crippen LogP contribution < -0.4 is 0 Å². The summed E-state index contributed by atoms with van der Waals surface area (Å²) in [6, 6.07) is 6.31. The van der Waals surface area contributed by atoms with E-state index in [4.69, 9.17) is 5.11 Å². The molecular weight excluding hydrogens is 272 g/mol. The highest BCUT2D eigenvalue weighted by atomic mass is 16.6. The number of aromatic nitrogens is 3. The Morgan fingerprint density at radius 2 is 2.05 bits per heavy atom. The minimum atomic E-state index is -0.429. The second-order valence-corrected chi connectivity index (χ2v) is 4.78. The van der Waals surface area contributed by atoms with Gasteiger partial charge in [0.1, 0.15) is 6.33 Å². The average molecular weight is 290 g/mol. The molecule has 0 fully saturated rings. The van der Waals surface area contributed by atoms with Crippen LogP contribution in [0, 0.1) is 10.1 Å². The summed E-state index contributed by atoms with van der Waals surface area (Å²) in [6.45, 7) is 0.994. The Kier molecular flexibility index (Phi) is 5.39. The molecule has 0 spiro atoms. The van der Waals surface area contributed by atoms with Gasteiger partial charge in [0.05, 0.1) is 4.92 Å². The molecule has 7 nitrogen and oxygen atoms in total. The van der Waals surface area contributed by atoms with Crippen LogP contribution in [0.5, 0.6) is 0 Å².